The fourth-order valence-corrected chi connectivity index (χ4v) is 2.51. The molecule has 2 N–H and O–H groups in total. The molecule has 0 radical (unpaired) electrons. The van der Waals surface area contributed by atoms with Crippen molar-refractivity contribution in [2.75, 3.05) is 46.4 Å². The third-order valence-electron chi connectivity index (χ3n) is 3.53. The highest BCUT2D eigenvalue weighted by molar-refractivity contribution is 14.0. The van der Waals surface area contributed by atoms with Crippen molar-refractivity contribution >= 4 is 29.9 Å². The van der Waals surface area contributed by atoms with Gasteiger partial charge in [0.05, 0.1) is 13.2 Å². The molecule has 1 fully saturated rings. The van der Waals surface area contributed by atoms with Crippen LogP contribution in [0.3, 0.4) is 0 Å². The smallest absolute Gasteiger partial charge is 0.191 e. The summed E-state index contributed by atoms with van der Waals surface area (Å²) in [6.45, 7) is 10.2. The third kappa shape index (κ3) is 10.3. The number of guanidine groups is 1. The van der Waals surface area contributed by atoms with Crippen LogP contribution in [-0.4, -0.2) is 63.3 Å². The van der Waals surface area contributed by atoms with Gasteiger partial charge >= 0.3 is 0 Å². The Morgan fingerprint density at radius 1 is 1.24 bits per heavy atom. The first-order valence-electron chi connectivity index (χ1n) is 8.02. The molecule has 0 spiro atoms. The number of nitrogens with one attached hydrogen (secondary N) is 2. The van der Waals surface area contributed by atoms with Gasteiger partial charge in [-0.25, -0.2) is 0 Å². The number of nitrogens with zero attached hydrogens (tertiary/aromatic N) is 2. The molecule has 0 bridgehead atoms. The maximum absolute atomic E-state index is 5.14. The molecule has 6 heteroatoms. The van der Waals surface area contributed by atoms with Crippen molar-refractivity contribution in [1.82, 2.24) is 15.5 Å². The van der Waals surface area contributed by atoms with Crippen molar-refractivity contribution < 1.29 is 4.74 Å². The third-order valence-corrected chi connectivity index (χ3v) is 3.53. The molecule has 0 amide bonds. The first kappa shape index (κ1) is 20.9. The SMILES string of the molecule is CCNC(=NCCN1CCCCCC1)NC(C)COC.I. The molecule has 0 saturated carbocycles. The van der Waals surface area contributed by atoms with Crippen molar-refractivity contribution in [2.24, 2.45) is 4.99 Å². The van der Waals surface area contributed by atoms with E-state index in [4.69, 9.17) is 4.74 Å². The van der Waals surface area contributed by atoms with Gasteiger partial charge in [0.15, 0.2) is 5.96 Å². The summed E-state index contributed by atoms with van der Waals surface area (Å²) >= 11 is 0. The van der Waals surface area contributed by atoms with Crippen molar-refractivity contribution in [3.05, 3.63) is 0 Å². The summed E-state index contributed by atoms with van der Waals surface area (Å²) in [5.41, 5.74) is 0. The lowest BCUT2D eigenvalue weighted by Gasteiger charge is -2.20. The maximum atomic E-state index is 5.14. The van der Waals surface area contributed by atoms with E-state index in [-0.39, 0.29) is 30.0 Å². The van der Waals surface area contributed by atoms with E-state index in [0.717, 1.165) is 25.6 Å². The lowest BCUT2D eigenvalue weighted by atomic mass is 10.2. The highest BCUT2D eigenvalue weighted by Gasteiger charge is 2.08. The Labute approximate surface area is 147 Å². The van der Waals surface area contributed by atoms with E-state index >= 15 is 0 Å². The number of hydrogen-bond acceptors (Lipinski definition) is 3. The normalized spacial score (nSPS) is 18.5. The zero-order valence-electron chi connectivity index (χ0n) is 13.9. The molecule has 0 aromatic heterocycles. The summed E-state index contributed by atoms with van der Waals surface area (Å²) in [6, 6.07) is 0.274. The summed E-state index contributed by atoms with van der Waals surface area (Å²) in [4.78, 5) is 7.20. The van der Waals surface area contributed by atoms with Crippen LogP contribution in [0.4, 0.5) is 0 Å². The van der Waals surface area contributed by atoms with Crippen molar-refractivity contribution in [2.45, 2.75) is 45.6 Å². The standard InChI is InChI=1S/C15H32N4O.HI/c1-4-16-15(18-14(2)13-20-3)17-9-12-19-10-7-5-6-8-11-19;/h14H,4-13H2,1-3H3,(H2,16,17,18);1H. The molecule has 0 aromatic carbocycles. The predicted octanol–water partition coefficient (Wildman–Crippen LogP) is 2.07. The molecule has 1 aliphatic rings. The number of hydrogen-bond donors (Lipinski definition) is 2. The number of rotatable bonds is 7. The van der Waals surface area contributed by atoms with E-state index in [1.807, 2.05) is 0 Å². The van der Waals surface area contributed by atoms with E-state index in [1.54, 1.807) is 7.11 Å². The summed E-state index contributed by atoms with van der Waals surface area (Å²) in [5, 5.41) is 6.65. The molecule has 0 aliphatic carbocycles. The van der Waals surface area contributed by atoms with Crippen LogP contribution in [0.1, 0.15) is 39.5 Å². The van der Waals surface area contributed by atoms with Gasteiger partial charge in [0.2, 0.25) is 0 Å². The highest BCUT2D eigenvalue weighted by Crippen LogP contribution is 2.08. The van der Waals surface area contributed by atoms with Gasteiger partial charge in [-0.05, 0) is 39.8 Å². The summed E-state index contributed by atoms with van der Waals surface area (Å²) in [6.07, 6.45) is 5.46. The first-order chi connectivity index (χ1) is 9.76. The quantitative estimate of drug-likeness (QED) is 0.382. The van der Waals surface area contributed by atoms with Crippen molar-refractivity contribution in [3.63, 3.8) is 0 Å². The number of methoxy groups -OCH3 is 1. The Morgan fingerprint density at radius 3 is 2.48 bits per heavy atom. The van der Waals surface area contributed by atoms with Gasteiger partial charge < -0.3 is 20.3 Å². The highest BCUT2D eigenvalue weighted by atomic mass is 127. The molecule has 0 aromatic rings. The van der Waals surface area contributed by atoms with E-state index in [0.29, 0.717) is 6.61 Å². The molecule has 1 atom stereocenters. The molecule has 1 heterocycles. The number of ether oxygens (including phenoxy) is 1. The Balaban J connectivity index is 0.00000400. The van der Waals surface area contributed by atoms with Crippen molar-refractivity contribution in [1.29, 1.82) is 0 Å². The van der Waals surface area contributed by atoms with Crippen LogP contribution in [0.15, 0.2) is 4.99 Å². The second-order valence-electron chi connectivity index (χ2n) is 5.52. The molecule has 1 aliphatic heterocycles. The van der Waals surface area contributed by atoms with Crippen LogP contribution in [-0.2, 0) is 4.74 Å². The molecule has 1 rings (SSSR count). The largest absolute Gasteiger partial charge is 0.383 e. The maximum Gasteiger partial charge on any atom is 0.191 e. The minimum Gasteiger partial charge on any atom is -0.383 e. The van der Waals surface area contributed by atoms with Gasteiger partial charge in [0.1, 0.15) is 0 Å². The van der Waals surface area contributed by atoms with E-state index in [1.165, 1.54) is 38.8 Å². The van der Waals surface area contributed by atoms with E-state index in [2.05, 4.69) is 34.4 Å². The Morgan fingerprint density at radius 2 is 1.90 bits per heavy atom. The average molecular weight is 412 g/mol. The number of likely N-dealkylation sites (tertiary alicyclic amines) is 1. The minimum absolute atomic E-state index is 0. The molecule has 21 heavy (non-hydrogen) atoms. The van der Waals surface area contributed by atoms with Crippen LogP contribution >= 0.6 is 24.0 Å². The summed E-state index contributed by atoms with van der Waals surface area (Å²) in [7, 11) is 1.72. The molecular weight excluding hydrogens is 379 g/mol. The fourth-order valence-electron chi connectivity index (χ4n) is 2.51. The van der Waals surface area contributed by atoms with Crippen LogP contribution < -0.4 is 10.6 Å². The zero-order chi connectivity index (χ0) is 14.6. The van der Waals surface area contributed by atoms with Crippen LogP contribution in [0, 0.1) is 0 Å². The minimum atomic E-state index is 0. The molecule has 1 saturated heterocycles. The summed E-state index contributed by atoms with van der Waals surface area (Å²) < 4.78 is 5.14. The van der Waals surface area contributed by atoms with Gasteiger partial charge in [-0.3, -0.25) is 4.99 Å². The van der Waals surface area contributed by atoms with E-state index < -0.39 is 0 Å². The number of halogens is 1. The van der Waals surface area contributed by atoms with Crippen molar-refractivity contribution in [3.8, 4) is 0 Å². The predicted molar refractivity (Wildman–Crippen MR) is 101 cm³/mol. The Kier molecular flexibility index (Phi) is 13.5. The lowest BCUT2D eigenvalue weighted by Crippen LogP contribution is -2.44. The van der Waals surface area contributed by atoms with Crippen LogP contribution in [0.2, 0.25) is 0 Å². The van der Waals surface area contributed by atoms with Gasteiger partial charge in [-0.1, -0.05) is 12.8 Å². The first-order valence-corrected chi connectivity index (χ1v) is 8.02. The summed E-state index contributed by atoms with van der Waals surface area (Å²) in [5.74, 6) is 0.895. The topological polar surface area (TPSA) is 48.9 Å². The van der Waals surface area contributed by atoms with Gasteiger partial charge in [0, 0.05) is 26.2 Å². The zero-order valence-corrected chi connectivity index (χ0v) is 16.2. The number of aliphatic imine (C=N–C) groups is 1. The monoisotopic (exact) mass is 412 g/mol. The Bertz CT molecular complexity index is 268. The van der Waals surface area contributed by atoms with Gasteiger partial charge in [-0.15, -0.1) is 24.0 Å². The second-order valence-corrected chi connectivity index (χ2v) is 5.52. The lowest BCUT2D eigenvalue weighted by molar-refractivity contribution is 0.179. The molecule has 126 valence electrons. The van der Waals surface area contributed by atoms with E-state index in [9.17, 15) is 0 Å². The second kappa shape index (κ2) is 13.6. The molecule has 1 unspecified atom stereocenters. The van der Waals surface area contributed by atoms with Gasteiger partial charge in [-0.2, -0.15) is 0 Å². The molecular formula is C15H33IN4O. The van der Waals surface area contributed by atoms with Crippen LogP contribution in [0.5, 0.6) is 0 Å². The average Bonchev–Trinajstić information content (AvgIpc) is 2.68. The molecule has 5 nitrogen and oxygen atoms in total. The van der Waals surface area contributed by atoms with Crippen LogP contribution in [0.25, 0.3) is 0 Å². The fraction of sp³-hybridized carbons (Fsp3) is 0.933. The van der Waals surface area contributed by atoms with Gasteiger partial charge in [0.25, 0.3) is 0 Å². The Hall–Kier alpha value is -0.0800.